The number of carbonyl (C=O) groups excluding carboxylic acids is 1. The first-order valence-electron chi connectivity index (χ1n) is 10.0. The lowest BCUT2D eigenvalue weighted by atomic mass is 9.79. The highest BCUT2D eigenvalue weighted by Crippen LogP contribution is 2.45. The van der Waals surface area contributed by atoms with E-state index < -0.39 is 0 Å². The number of rotatable bonds is 3. The van der Waals surface area contributed by atoms with Gasteiger partial charge in [-0.3, -0.25) is 4.79 Å². The van der Waals surface area contributed by atoms with E-state index in [1.807, 2.05) is 24.3 Å². The van der Waals surface area contributed by atoms with Gasteiger partial charge in [0.25, 0.3) is 5.91 Å². The minimum absolute atomic E-state index is 0.0101. The molecule has 0 saturated carbocycles. The second kappa shape index (κ2) is 7.10. The van der Waals surface area contributed by atoms with E-state index in [1.165, 1.54) is 11.1 Å². The van der Waals surface area contributed by atoms with Gasteiger partial charge in [0.15, 0.2) is 5.96 Å². The van der Waals surface area contributed by atoms with Crippen molar-refractivity contribution in [1.29, 1.82) is 0 Å². The van der Waals surface area contributed by atoms with Crippen molar-refractivity contribution in [2.75, 3.05) is 6.61 Å². The van der Waals surface area contributed by atoms with Gasteiger partial charge in [0.2, 0.25) is 0 Å². The molecule has 1 aliphatic heterocycles. The Labute approximate surface area is 171 Å². The van der Waals surface area contributed by atoms with E-state index in [0.717, 1.165) is 17.7 Å². The monoisotopic (exact) mass is 392 g/mol. The minimum atomic E-state index is -0.287. The highest BCUT2D eigenvalue weighted by Gasteiger charge is 2.38. The lowest BCUT2D eigenvalue weighted by molar-refractivity contribution is 0.0925. The van der Waals surface area contributed by atoms with E-state index in [4.69, 9.17) is 16.2 Å². The molecule has 5 N–H and O–H groups in total. The third-order valence-electron chi connectivity index (χ3n) is 5.97. The summed E-state index contributed by atoms with van der Waals surface area (Å²) in [6.07, 6.45) is 0.972. The molecule has 0 saturated heterocycles. The summed E-state index contributed by atoms with van der Waals surface area (Å²) >= 11 is 0. The highest BCUT2D eigenvalue weighted by atomic mass is 16.5. The van der Waals surface area contributed by atoms with Crippen LogP contribution in [0.4, 0.5) is 0 Å². The summed E-state index contributed by atoms with van der Waals surface area (Å²) in [4.78, 5) is 17.5. The normalized spacial score (nSPS) is 24.0. The van der Waals surface area contributed by atoms with Crippen molar-refractivity contribution in [3.8, 4) is 5.75 Å². The van der Waals surface area contributed by atoms with Crippen LogP contribution in [0.2, 0.25) is 0 Å². The number of nitrogens with zero attached hydrogens (tertiary/aromatic N) is 1. The van der Waals surface area contributed by atoms with Crippen molar-refractivity contribution < 1.29 is 9.53 Å². The van der Waals surface area contributed by atoms with Gasteiger partial charge in [-0.25, -0.2) is 4.99 Å². The Hall–Kier alpha value is -3.02. The molecule has 1 unspecified atom stereocenters. The van der Waals surface area contributed by atoms with Crippen molar-refractivity contribution in [3.05, 3.63) is 64.7 Å². The molecular weight excluding hydrogens is 364 g/mol. The minimum Gasteiger partial charge on any atom is -0.493 e. The molecule has 0 fully saturated rings. The first kappa shape index (κ1) is 19.3. The number of guanidine groups is 1. The largest absolute Gasteiger partial charge is 0.493 e. The number of nitrogens with one attached hydrogen (secondary N) is 1. The van der Waals surface area contributed by atoms with Crippen molar-refractivity contribution in [3.63, 3.8) is 0 Å². The number of carbonyl (C=O) groups is 1. The molecule has 6 heteroatoms. The van der Waals surface area contributed by atoms with E-state index in [1.54, 1.807) is 6.07 Å². The molecule has 4 rings (SSSR count). The van der Waals surface area contributed by atoms with E-state index in [9.17, 15) is 4.79 Å². The van der Waals surface area contributed by atoms with Gasteiger partial charge in [-0.15, -0.1) is 0 Å². The van der Waals surface area contributed by atoms with Gasteiger partial charge in [0, 0.05) is 16.5 Å². The third-order valence-corrected chi connectivity index (χ3v) is 5.97. The number of hydrogen-bond acceptors (Lipinski definition) is 3. The topological polar surface area (TPSA) is 103 Å². The summed E-state index contributed by atoms with van der Waals surface area (Å²) in [5.74, 6) is 0.997. The number of benzene rings is 2. The number of nitrogens with two attached hydrogens (primary N) is 2. The van der Waals surface area contributed by atoms with Crippen LogP contribution in [0.25, 0.3) is 0 Å². The summed E-state index contributed by atoms with van der Waals surface area (Å²) in [7, 11) is 0. The summed E-state index contributed by atoms with van der Waals surface area (Å²) < 4.78 is 5.90. The van der Waals surface area contributed by atoms with Gasteiger partial charge in [-0.05, 0) is 41.7 Å². The third kappa shape index (κ3) is 3.55. The fraction of sp³-hybridized carbons (Fsp3) is 0.391. The molecule has 1 aliphatic carbocycles. The van der Waals surface area contributed by atoms with E-state index >= 15 is 0 Å². The summed E-state index contributed by atoms with van der Waals surface area (Å²) in [5.41, 5.74) is 15.0. The van der Waals surface area contributed by atoms with Crippen molar-refractivity contribution >= 4 is 11.9 Å². The molecule has 0 radical (unpaired) electrons. The first-order valence-corrected chi connectivity index (χ1v) is 10.0. The Morgan fingerprint density at radius 1 is 1.17 bits per heavy atom. The molecule has 6 nitrogen and oxygen atoms in total. The van der Waals surface area contributed by atoms with Crippen LogP contribution >= 0.6 is 0 Å². The van der Waals surface area contributed by atoms with E-state index in [-0.39, 0.29) is 29.4 Å². The average molecular weight is 393 g/mol. The molecule has 152 valence electrons. The predicted molar refractivity (Wildman–Crippen MR) is 114 cm³/mol. The smallest absolute Gasteiger partial charge is 0.251 e. The molecule has 2 aromatic rings. The molecule has 1 heterocycles. The van der Waals surface area contributed by atoms with Crippen LogP contribution in [0.1, 0.15) is 59.9 Å². The van der Waals surface area contributed by atoms with Crippen LogP contribution in [-0.4, -0.2) is 18.5 Å². The maximum Gasteiger partial charge on any atom is 0.251 e. The highest BCUT2D eigenvalue weighted by molar-refractivity contribution is 5.95. The lowest BCUT2D eigenvalue weighted by Crippen LogP contribution is -2.36. The average Bonchev–Trinajstić information content (AvgIpc) is 2.99. The van der Waals surface area contributed by atoms with E-state index in [2.05, 4.69) is 43.2 Å². The lowest BCUT2D eigenvalue weighted by Gasteiger charge is -2.37. The molecule has 2 aromatic carbocycles. The summed E-state index contributed by atoms with van der Waals surface area (Å²) in [6, 6.07) is 13.5. The SMILES string of the molecule is C[C@@H]1Cc2ccccc2[C@H]1NC(=O)c1ccc2c(c1)C(N=C(N)N)C(C)(C)CO2. The second-order valence-electron chi connectivity index (χ2n) is 8.82. The quantitative estimate of drug-likeness (QED) is 0.552. The predicted octanol–water partition coefficient (Wildman–Crippen LogP) is 3.08. The Bertz CT molecular complexity index is 979. The number of hydrogen-bond donors (Lipinski definition) is 3. The zero-order chi connectivity index (χ0) is 20.8. The van der Waals surface area contributed by atoms with Gasteiger partial charge in [0.05, 0.1) is 18.7 Å². The van der Waals surface area contributed by atoms with E-state index in [0.29, 0.717) is 18.1 Å². The molecule has 0 bridgehead atoms. The van der Waals surface area contributed by atoms with Gasteiger partial charge < -0.3 is 21.5 Å². The Kier molecular flexibility index (Phi) is 4.73. The summed E-state index contributed by atoms with van der Waals surface area (Å²) in [5, 5.41) is 3.22. The fourth-order valence-electron chi connectivity index (χ4n) is 4.43. The Morgan fingerprint density at radius 3 is 2.69 bits per heavy atom. The maximum absolute atomic E-state index is 13.1. The standard InChI is InChI=1S/C23H28N4O2/c1-13-10-14-6-4-5-7-16(14)19(13)26-21(28)15-8-9-18-17(11-15)20(27-22(24)25)23(2,3)12-29-18/h4-9,11,13,19-20H,10,12H2,1-3H3,(H,26,28)(H4,24,25,27)/t13-,19+,20?/m1/s1. The number of amides is 1. The molecule has 1 amide bonds. The van der Waals surface area contributed by atoms with Gasteiger partial charge in [-0.2, -0.15) is 0 Å². The van der Waals surface area contributed by atoms with Crippen molar-refractivity contribution in [1.82, 2.24) is 5.32 Å². The van der Waals surface area contributed by atoms with Crippen LogP contribution in [0, 0.1) is 11.3 Å². The van der Waals surface area contributed by atoms with Gasteiger partial charge in [-0.1, -0.05) is 45.0 Å². The number of aliphatic imine (C=N–C) groups is 1. The zero-order valence-electron chi connectivity index (χ0n) is 17.1. The van der Waals surface area contributed by atoms with Crippen molar-refractivity contribution in [2.24, 2.45) is 27.8 Å². The summed E-state index contributed by atoms with van der Waals surface area (Å²) in [6.45, 7) is 6.78. The molecule has 0 spiro atoms. The zero-order valence-corrected chi connectivity index (χ0v) is 17.1. The maximum atomic E-state index is 13.1. The van der Waals surface area contributed by atoms with Gasteiger partial charge >= 0.3 is 0 Å². The van der Waals surface area contributed by atoms with Crippen LogP contribution in [0.3, 0.4) is 0 Å². The number of fused-ring (bicyclic) bond motifs is 2. The Morgan fingerprint density at radius 2 is 1.93 bits per heavy atom. The second-order valence-corrected chi connectivity index (χ2v) is 8.82. The number of ether oxygens (including phenoxy) is 1. The molecule has 29 heavy (non-hydrogen) atoms. The first-order chi connectivity index (χ1) is 13.8. The molecular formula is C23H28N4O2. The fourth-order valence-corrected chi connectivity index (χ4v) is 4.43. The van der Waals surface area contributed by atoms with Crippen LogP contribution < -0.4 is 21.5 Å². The Balaban J connectivity index is 1.64. The molecule has 3 atom stereocenters. The van der Waals surface area contributed by atoms with Crippen LogP contribution in [0.15, 0.2) is 47.5 Å². The van der Waals surface area contributed by atoms with Crippen LogP contribution in [0.5, 0.6) is 5.75 Å². The van der Waals surface area contributed by atoms with Gasteiger partial charge in [0.1, 0.15) is 5.75 Å². The van der Waals surface area contributed by atoms with Crippen molar-refractivity contribution in [2.45, 2.75) is 39.3 Å². The molecule has 0 aromatic heterocycles. The molecule has 2 aliphatic rings. The van der Waals surface area contributed by atoms with Crippen LogP contribution in [-0.2, 0) is 6.42 Å².